The summed E-state index contributed by atoms with van der Waals surface area (Å²) >= 11 is 0. The number of piperidine rings is 1. The van der Waals surface area contributed by atoms with E-state index in [-0.39, 0.29) is 11.4 Å². The van der Waals surface area contributed by atoms with Crippen LogP contribution < -0.4 is 5.63 Å². The molecule has 0 radical (unpaired) electrons. The number of phenols is 1. The Bertz CT molecular complexity index is 1050. The van der Waals surface area contributed by atoms with Gasteiger partial charge in [0, 0.05) is 18.0 Å². The molecule has 1 aliphatic rings. The molecule has 0 bridgehead atoms. The number of fused-ring (bicyclic) bond motifs is 1. The average molecular weight is 392 g/mol. The number of nitrogens with zero attached hydrogens (tertiary/aromatic N) is 1. The van der Waals surface area contributed by atoms with Crippen molar-refractivity contribution in [3.05, 3.63) is 75.1 Å². The first-order valence-electron chi connectivity index (χ1n) is 10.6. The van der Waals surface area contributed by atoms with Crippen molar-refractivity contribution in [1.82, 2.24) is 4.90 Å². The predicted octanol–water partition coefficient (Wildman–Crippen LogP) is 4.82. The third kappa shape index (κ3) is 4.23. The molecular weight excluding hydrogens is 362 g/mol. The zero-order chi connectivity index (χ0) is 20.4. The number of hydrogen-bond acceptors (Lipinski definition) is 4. The Kier molecular flexibility index (Phi) is 5.72. The maximum atomic E-state index is 12.0. The van der Waals surface area contributed by atoms with Crippen molar-refractivity contribution in [1.29, 1.82) is 0 Å². The summed E-state index contributed by atoms with van der Waals surface area (Å²) in [6.07, 6.45) is 4.16. The van der Waals surface area contributed by atoms with Crippen LogP contribution in [0.15, 0.2) is 51.7 Å². The Morgan fingerprint density at radius 3 is 2.55 bits per heavy atom. The molecule has 0 aliphatic carbocycles. The molecular formula is C25H29NO3. The van der Waals surface area contributed by atoms with Gasteiger partial charge in [-0.15, -0.1) is 0 Å². The highest BCUT2D eigenvalue weighted by Crippen LogP contribution is 2.34. The summed E-state index contributed by atoms with van der Waals surface area (Å²) in [7, 11) is 0. The first-order valence-corrected chi connectivity index (χ1v) is 10.6. The molecule has 29 heavy (non-hydrogen) atoms. The molecule has 3 aromatic rings. The molecule has 2 aromatic carbocycles. The van der Waals surface area contributed by atoms with Crippen molar-refractivity contribution in [3.63, 3.8) is 0 Å². The first kappa shape index (κ1) is 19.7. The topological polar surface area (TPSA) is 53.7 Å². The molecule has 0 spiro atoms. The first-order chi connectivity index (χ1) is 14.0. The van der Waals surface area contributed by atoms with Crippen molar-refractivity contribution in [3.8, 4) is 5.75 Å². The van der Waals surface area contributed by atoms with E-state index >= 15 is 0 Å². The van der Waals surface area contributed by atoms with E-state index in [9.17, 15) is 9.90 Å². The van der Waals surface area contributed by atoms with E-state index in [4.69, 9.17) is 4.42 Å². The number of benzene rings is 2. The van der Waals surface area contributed by atoms with Gasteiger partial charge in [-0.05, 0) is 74.4 Å². The van der Waals surface area contributed by atoms with Crippen LogP contribution >= 0.6 is 0 Å². The SMILES string of the molecule is CCc1cc2c(C)cc(=O)oc2c(CN2CCC(Cc3ccccc3)CC2)c1O. The molecule has 0 saturated carbocycles. The van der Waals surface area contributed by atoms with Crippen molar-refractivity contribution >= 4 is 11.0 Å². The summed E-state index contributed by atoms with van der Waals surface area (Å²) < 4.78 is 5.55. The highest BCUT2D eigenvalue weighted by molar-refractivity contribution is 5.86. The molecule has 0 amide bonds. The molecule has 1 N–H and O–H groups in total. The molecule has 1 saturated heterocycles. The minimum atomic E-state index is -0.360. The lowest BCUT2D eigenvalue weighted by atomic mass is 9.90. The Labute approximate surface area is 171 Å². The summed E-state index contributed by atoms with van der Waals surface area (Å²) in [6.45, 7) is 6.55. The third-order valence-electron chi connectivity index (χ3n) is 6.23. The highest BCUT2D eigenvalue weighted by atomic mass is 16.4. The van der Waals surface area contributed by atoms with Gasteiger partial charge >= 0.3 is 5.63 Å². The second-order valence-electron chi connectivity index (χ2n) is 8.25. The third-order valence-corrected chi connectivity index (χ3v) is 6.23. The second kappa shape index (κ2) is 8.42. The summed E-state index contributed by atoms with van der Waals surface area (Å²) in [5.74, 6) is 0.973. The number of aryl methyl sites for hydroxylation is 2. The monoisotopic (exact) mass is 391 g/mol. The highest BCUT2D eigenvalue weighted by Gasteiger charge is 2.23. The van der Waals surface area contributed by atoms with E-state index in [1.807, 2.05) is 19.9 Å². The number of likely N-dealkylation sites (tertiary alicyclic amines) is 1. The fraction of sp³-hybridized carbons (Fsp3) is 0.400. The Morgan fingerprint density at radius 1 is 1.14 bits per heavy atom. The van der Waals surface area contributed by atoms with Gasteiger partial charge in [-0.1, -0.05) is 37.3 Å². The van der Waals surface area contributed by atoms with Crippen LogP contribution in [0.4, 0.5) is 0 Å². The van der Waals surface area contributed by atoms with E-state index in [0.29, 0.717) is 18.0 Å². The van der Waals surface area contributed by atoms with E-state index in [1.165, 1.54) is 11.6 Å². The van der Waals surface area contributed by atoms with Crippen molar-refractivity contribution in [2.45, 2.75) is 46.1 Å². The van der Waals surface area contributed by atoms with Crippen LogP contribution in [-0.2, 0) is 19.4 Å². The molecule has 1 aliphatic heterocycles. The molecule has 4 nitrogen and oxygen atoms in total. The summed E-state index contributed by atoms with van der Waals surface area (Å²) in [6, 6.07) is 14.2. The predicted molar refractivity (Wildman–Crippen MR) is 116 cm³/mol. The van der Waals surface area contributed by atoms with Crippen molar-refractivity contribution in [2.24, 2.45) is 5.92 Å². The summed E-state index contributed by atoms with van der Waals surface area (Å²) in [5, 5.41) is 11.8. The zero-order valence-corrected chi connectivity index (χ0v) is 17.3. The van der Waals surface area contributed by atoms with Gasteiger partial charge in [0.15, 0.2) is 0 Å². The molecule has 2 heterocycles. The summed E-state index contributed by atoms with van der Waals surface area (Å²) in [4.78, 5) is 14.3. The lowest BCUT2D eigenvalue weighted by Crippen LogP contribution is -2.34. The summed E-state index contributed by atoms with van der Waals surface area (Å²) in [5.41, 5.74) is 4.14. The molecule has 4 heteroatoms. The van der Waals surface area contributed by atoms with Gasteiger partial charge in [0.05, 0.1) is 5.56 Å². The van der Waals surface area contributed by atoms with Gasteiger partial charge in [-0.3, -0.25) is 4.90 Å². The average Bonchev–Trinajstić information content (AvgIpc) is 2.72. The normalized spacial score (nSPS) is 15.8. The number of rotatable bonds is 5. The Balaban J connectivity index is 1.54. The van der Waals surface area contributed by atoms with Crippen LogP contribution in [0.3, 0.4) is 0 Å². The minimum Gasteiger partial charge on any atom is -0.507 e. The number of aromatic hydroxyl groups is 1. The molecule has 1 fully saturated rings. The molecule has 0 atom stereocenters. The van der Waals surface area contributed by atoms with Crippen LogP contribution in [0.2, 0.25) is 0 Å². The smallest absolute Gasteiger partial charge is 0.336 e. The fourth-order valence-electron chi connectivity index (χ4n) is 4.50. The van der Waals surface area contributed by atoms with E-state index in [2.05, 4.69) is 35.2 Å². The van der Waals surface area contributed by atoms with Gasteiger partial charge in [0.2, 0.25) is 0 Å². The van der Waals surface area contributed by atoms with E-state index < -0.39 is 0 Å². The van der Waals surface area contributed by atoms with Gasteiger partial charge < -0.3 is 9.52 Å². The quantitative estimate of drug-likeness (QED) is 0.633. The van der Waals surface area contributed by atoms with Crippen LogP contribution in [0, 0.1) is 12.8 Å². The standard InChI is InChI=1S/C25H29NO3/c1-3-20-15-21-17(2)13-23(27)29-25(21)22(24(20)28)16-26-11-9-19(10-12-26)14-18-7-5-4-6-8-18/h4-8,13,15,19,28H,3,9-12,14,16H2,1-2H3. The van der Waals surface area contributed by atoms with Crippen molar-refractivity contribution in [2.75, 3.05) is 13.1 Å². The van der Waals surface area contributed by atoms with Gasteiger partial charge in [0.25, 0.3) is 0 Å². The molecule has 0 unspecified atom stereocenters. The van der Waals surface area contributed by atoms with Crippen LogP contribution in [0.25, 0.3) is 11.0 Å². The van der Waals surface area contributed by atoms with Crippen LogP contribution in [0.1, 0.15) is 42.0 Å². The number of phenolic OH excluding ortho intramolecular Hbond substituents is 1. The maximum Gasteiger partial charge on any atom is 0.336 e. The van der Waals surface area contributed by atoms with Gasteiger partial charge in [-0.2, -0.15) is 0 Å². The number of hydrogen-bond donors (Lipinski definition) is 1. The largest absolute Gasteiger partial charge is 0.507 e. The zero-order valence-electron chi connectivity index (χ0n) is 17.3. The maximum absolute atomic E-state index is 12.0. The lowest BCUT2D eigenvalue weighted by molar-refractivity contribution is 0.175. The molecule has 4 rings (SSSR count). The molecule has 152 valence electrons. The van der Waals surface area contributed by atoms with Gasteiger partial charge in [-0.25, -0.2) is 4.79 Å². The van der Waals surface area contributed by atoms with Crippen LogP contribution in [0.5, 0.6) is 5.75 Å². The van der Waals surface area contributed by atoms with Crippen molar-refractivity contribution < 1.29 is 9.52 Å². The fourth-order valence-corrected chi connectivity index (χ4v) is 4.50. The van der Waals surface area contributed by atoms with E-state index in [0.717, 1.165) is 60.8 Å². The second-order valence-corrected chi connectivity index (χ2v) is 8.25. The lowest BCUT2D eigenvalue weighted by Gasteiger charge is -2.32. The van der Waals surface area contributed by atoms with E-state index in [1.54, 1.807) is 0 Å². The van der Waals surface area contributed by atoms with Gasteiger partial charge in [0.1, 0.15) is 11.3 Å². The Hall–Kier alpha value is -2.59. The Morgan fingerprint density at radius 2 is 1.86 bits per heavy atom. The van der Waals surface area contributed by atoms with Crippen LogP contribution in [-0.4, -0.2) is 23.1 Å². The minimum absolute atomic E-state index is 0.278. The molecule has 1 aromatic heterocycles.